The molecule has 78 valence electrons. The summed E-state index contributed by atoms with van der Waals surface area (Å²) >= 11 is 0. The normalized spacial score (nSPS) is 27.9. The lowest BCUT2D eigenvalue weighted by Gasteiger charge is -2.43. The van der Waals surface area contributed by atoms with E-state index < -0.39 is 0 Å². The average Bonchev–Trinajstić information content (AvgIpc) is 2.09. The molecule has 0 aromatic carbocycles. The zero-order valence-electron chi connectivity index (χ0n) is 9.69. The van der Waals surface area contributed by atoms with Gasteiger partial charge < -0.3 is 5.32 Å². The van der Waals surface area contributed by atoms with Crippen LogP contribution in [0.1, 0.15) is 47.0 Å². The van der Waals surface area contributed by atoms with E-state index in [1.54, 1.807) is 0 Å². The maximum atomic E-state index is 3.54. The summed E-state index contributed by atoms with van der Waals surface area (Å²) in [5.74, 6) is 1.80. The quantitative estimate of drug-likeness (QED) is 0.709. The van der Waals surface area contributed by atoms with Gasteiger partial charge in [0.15, 0.2) is 0 Å². The molecule has 1 atom stereocenters. The summed E-state index contributed by atoms with van der Waals surface area (Å²) in [5, 5.41) is 3.54. The summed E-state index contributed by atoms with van der Waals surface area (Å²) in [5.41, 5.74) is 0.557. The third-order valence-corrected chi connectivity index (χ3v) is 3.93. The second kappa shape index (κ2) is 4.45. The minimum absolute atomic E-state index is 0.557. The van der Waals surface area contributed by atoms with E-state index in [0.717, 1.165) is 11.8 Å². The van der Waals surface area contributed by atoms with Crippen LogP contribution in [0.15, 0.2) is 0 Å². The number of hydrogen-bond donors (Lipinski definition) is 1. The predicted molar refractivity (Wildman–Crippen MR) is 58.8 cm³/mol. The summed E-state index contributed by atoms with van der Waals surface area (Å²) in [6.45, 7) is 12.0. The molecule has 1 aliphatic heterocycles. The Labute approximate surface area is 83.3 Å². The average molecular weight is 183 g/mol. The largest absolute Gasteiger partial charge is 0.316 e. The molecule has 0 aliphatic carbocycles. The van der Waals surface area contributed by atoms with E-state index in [1.807, 2.05) is 0 Å². The van der Waals surface area contributed by atoms with E-state index in [9.17, 15) is 0 Å². The van der Waals surface area contributed by atoms with E-state index in [4.69, 9.17) is 0 Å². The lowest BCUT2D eigenvalue weighted by molar-refractivity contribution is 0.0902. The first-order valence-corrected chi connectivity index (χ1v) is 5.82. The van der Waals surface area contributed by atoms with Gasteiger partial charge in [0.2, 0.25) is 0 Å². The Balaban J connectivity index is 2.63. The Morgan fingerprint density at radius 3 is 2.38 bits per heavy atom. The summed E-state index contributed by atoms with van der Waals surface area (Å²) in [6, 6.07) is 0. The van der Waals surface area contributed by atoms with Gasteiger partial charge in [0.05, 0.1) is 0 Å². The number of piperidine rings is 1. The molecule has 1 rings (SSSR count). The molecule has 1 unspecified atom stereocenters. The van der Waals surface area contributed by atoms with Crippen molar-refractivity contribution in [2.24, 2.45) is 17.3 Å². The Morgan fingerprint density at radius 2 is 1.92 bits per heavy atom. The summed E-state index contributed by atoms with van der Waals surface area (Å²) in [6.07, 6.45) is 4.02. The fourth-order valence-electron chi connectivity index (χ4n) is 2.79. The van der Waals surface area contributed by atoms with Gasteiger partial charge in [-0.2, -0.15) is 0 Å². The van der Waals surface area contributed by atoms with E-state index >= 15 is 0 Å². The first-order chi connectivity index (χ1) is 6.11. The lowest BCUT2D eigenvalue weighted by atomic mass is 9.67. The van der Waals surface area contributed by atoms with Crippen molar-refractivity contribution in [1.29, 1.82) is 0 Å². The minimum Gasteiger partial charge on any atom is -0.316 e. The van der Waals surface area contributed by atoms with Crippen LogP contribution in [0.2, 0.25) is 0 Å². The van der Waals surface area contributed by atoms with Gasteiger partial charge in [0.25, 0.3) is 0 Å². The van der Waals surface area contributed by atoms with Crippen molar-refractivity contribution >= 4 is 0 Å². The highest BCUT2D eigenvalue weighted by molar-refractivity contribution is 4.88. The highest BCUT2D eigenvalue weighted by atomic mass is 14.9. The third-order valence-electron chi connectivity index (χ3n) is 3.93. The van der Waals surface area contributed by atoms with Crippen LogP contribution >= 0.6 is 0 Å². The monoisotopic (exact) mass is 183 g/mol. The highest BCUT2D eigenvalue weighted by Crippen LogP contribution is 2.39. The van der Waals surface area contributed by atoms with Gasteiger partial charge >= 0.3 is 0 Å². The smallest absolute Gasteiger partial charge is 0.00127 e. The van der Waals surface area contributed by atoms with Crippen molar-refractivity contribution in [2.75, 3.05) is 13.1 Å². The van der Waals surface area contributed by atoms with Crippen molar-refractivity contribution < 1.29 is 0 Å². The number of hydrogen-bond acceptors (Lipinski definition) is 1. The van der Waals surface area contributed by atoms with Crippen LogP contribution in [0, 0.1) is 17.3 Å². The number of rotatable bonds is 3. The van der Waals surface area contributed by atoms with Crippen molar-refractivity contribution in [3.05, 3.63) is 0 Å². The van der Waals surface area contributed by atoms with Crippen LogP contribution in [0.3, 0.4) is 0 Å². The van der Waals surface area contributed by atoms with Crippen LogP contribution in [-0.2, 0) is 0 Å². The Bertz CT molecular complexity index is 147. The van der Waals surface area contributed by atoms with Gasteiger partial charge in [-0.25, -0.2) is 0 Å². The molecule has 0 aromatic heterocycles. The maximum absolute atomic E-state index is 3.54. The standard InChI is InChI=1S/C12H25N/c1-5-10(6-2)11-9-13-8-7-12(11,3)4/h10-11,13H,5-9H2,1-4H3. The van der Waals surface area contributed by atoms with E-state index in [0.29, 0.717) is 5.41 Å². The fraction of sp³-hybridized carbons (Fsp3) is 1.00. The molecule has 13 heavy (non-hydrogen) atoms. The lowest BCUT2D eigenvalue weighted by Crippen LogP contribution is -2.45. The Morgan fingerprint density at radius 1 is 1.31 bits per heavy atom. The SMILES string of the molecule is CCC(CC)C1CNCCC1(C)C. The molecule has 0 spiro atoms. The molecular formula is C12H25N. The van der Waals surface area contributed by atoms with E-state index in [2.05, 4.69) is 33.0 Å². The van der Waals surface area contributed by atoms with Crippen LogP contribution in [0.25, 0.3) is 0 Å². The molecule has 1 heteroatoms. The first-order valence-electron chi connectivity index (χ1n) is 5.82. The van der Waals surface area contributed by atoms with Gasteiger partial charge in [-0.05, 0) is 36.8 Å². The van der Waals surface area contributed by atoms with Crippen LogP contribution in [0.4, 0.5) is 0 Å². The molecule has 0 bridgehead atoms. The molecule has 1 nitrogen and oxygen atoms in total. The fourth-order valence-corrected chi connectivity index (χ4v) is 2.79. The van der Waals surface area contributed by atoms with Crippen LogP contribution < -0.4 is 5.32 Å². The molecular weight excluding hydrogens is 158 g/mol. The van der Waals surface area contributed by atoms with Crippen LogP contribution in [-0.4, -0.2) is 13.1 Å². The first kappa shape index (κ1) is 11.0. The van der Waals surface area contributed by atoms with Gasteiger partial charge in [-0.1, -0.05) is 40.5 Å². The minimum atomic E-state index is 0.557. The summed E-state index contributed by atoms with van der Waals surface area (Å²) in [4.78, 5) is 0. The molecule has 1 N–H and O–H groups in total. The molecule has 1 aliphatic rings. The van der Waals surface area contributed by atoms with E-state index in [1.165, 1.54) is 32.4 Å². The second-order valence-corrected chi connectivity index (χ2v) is 5.13. The van der Waals surface area contributed by atoms with Crippen molar-refractivity contribution in [3.8, 4) is 0 Å². The maximum Gasteiger partial charge on any atom is -0.00127 e. The molecule has 0 amide bonds. The van der Waals surface area contributed by atoms with Crippen molar-refractivity contribution in [3.63, 3.8) is 0 Å². The topological polar surface area (TPSA) is 12.0 Å². The zero-order valence-corrected chi connectivity index (χ0v) is 9.69. The van der Waals surface area contributed by atoms with Gasteiger partial charge in [0, 0.05) is 0 Å². The zero-order chi connectivity index (χ0) is 9.90. The van der Waals surface area contributed by atoms with Crippen LogP contribution in [0.5, 0.6) is 0 Å². The predicted octanol–water partition coefficient (Wildman–Crippen LogP) is 3.06. The van der Waals surface area contributed by atoms with Crippen molar-refractivity contribution in [2.45, 2.75) is 47.0 Å². The summed E-state index contributed by atoms with van der Waals surface area (Å²) in [7, 11) is 0. The molecule has 0 aromatic rings. The molecule has 1 saturated heterocycles. The van der Waals surface area contributed by atoms with Gasteiger partial charge in [-0.15, -0.1) is 0 Å². The Kier molecular flexibility index (Phi) is 3.78. The highest BCUT2D eigenvalue weighted by Gasteiger charge is 2.35. The van der Waals surface area contributed by atoms with Crippen molar-refractivity contribution in [1.82, 2.24) is 5.32 Å². The molecule has 0 radical (unpaired) electrons. The van der Waals surface area contributed by atoms with Gasteiger partial charge in [0.1, 0.15) is 0 Å². The number of nitrogens with one attached hydrogen (secondary N) is 1. The molecule has 1 heterocycles. The molecule has 0 saturated carbocycles. The second-order valence-electron chi connectivity index (χ2n) is 5.13. The third kappa shape index (κ3) is 2.46. The van der Waals surface area contributed by atoms with Gasteiger partial charge in [-0.3, -0.25) is 0 Å². The van der Waals surface area contributed by atoms with E-state index in [-0.39, 0.29) is 0 Å². The Hall–Kier alpha value is -0.0400. The summed E-state index contributed by atoms with van der Waals surface area (Å²) < 4.78 is 0. The molecule has 1 fully saturated rings.